The van der Waals surface area contributed by atoms with Crippen molar-refractivity contribution in [3.63, 3.8) is 0 Å². The van der Waals surface area contributed by atoms with Crippen LogP contribution in [0.5, 0.6) is 0 Å². The van der Waals surface area contributed by atoms with E-state index in [2.05, 4.69) is 27.8 Å². The molecule has 7 heteroatoms. The molecule has 0 saturated carbocycles. The Balaban J connectivity index is 1.23. The van der Waals surface area contributed by atoms with Crippen molar-refractivity contribution in [1.29, 1.82) is 0 Å². The normalized spacial score (nSPS) is 10.4. The Kier molecular flexibility index (Phi) is 7.15. The molecule has 0 fully saturated rings. The summed E-state index contributed by atoms with van der Waals surface area (Å²) < 4.78 is 5.30. The first kappa shape index (κ1) is 22.5. The third-order valence-electron chi connectivity index (χ3n) is 5.17. The van der Waals surface area contributed by atoms with Gasteiger partial charge in [0, 0.05) is 18.3 Å². The molecule has 1 heterocycles. The molecular weight excluding hydrogens is 428 g/mol. The molecule has 0 radical (unpaired) electrons. The number of nitrogens with two attached hydrogens (primary N) is 1. The summed E-state index contributed by atoms with van der Waals surface area (Å²) in [5.41, 5.74) is 10.7. The fraction of sp³-hybridized carbons (Fsp3) is 0.0741. The topological polar surface area (TPSA) is 106 Å². The zero-order valence-corrected chi connectivity index (χ0v) is 18.4. The van der Waals surface area contributed by atoms with Crippen molar-refractivity contribution in [2.75, 3.05) is 11.1 Å². The third-order valence-corrected chi connectivity index (χ3v) is 5.17. The van der Waals surface area contributed by atoms with Crippen LogP contribution >= 0.6 is 0 Å². The van der Waals surface area contributed by atoms with E-state index < -0.39 is 6.09 Å². The van der Waals surface area contributed by atoms with E-state index in [-0.39, 0.29) is 24.9 Å². The predicted octanol–water partition coefficient (Wildman–Crippen LogP) is 5.01. The van der Waals surface area contributed by atoms with Gasteiger partial charge in [-0.25, -0.2) is 9.78 Å². The van der Waals surface area contributed by atoms with Gasteiger partial charge in [-0.1, -0.05) is 66.7 Å². The lowest BCUT2D eigenvalue weighted by molar-refractivity contribution is 0.102. The summed E-state index contributed by atoms with van der Waals surface area (Å²) in [4.78, 5) is 28.4. The van der Waals surface area contributed by atoms with E-state index in [0.29, 0.717) is 11.3 Å². The number of rotatable bonds is 7. The van der Waals surface area contributed by atoms with Crippen LogP contribution in [0.25, 0.3) is 11.1 Å². The number of hydrogen-bond acceptors (Lipinski definition) is 5. The summed E-state index contributed by atoms with van der Waals surface area (Å²) in [5, 5.41) is 5.44. The number of amides is 2. The predicted molar refractivity (Wildman–Crippen MR) is 132 cm³/mol. The molecule has 0 saturated heterocycles. The maximum atomic E-state index is 12.4. The number of aromatic nitrogens is 1. The van der Waals surface area contributed by atoms with Gasteiger partial charge in [0.05, 0.1) is 5.69 Å². The van der Waals surface area contributed by atoms with Crippen LogP contribution in [0.1, 0.15) is 21.5 Å². The summed E-state index contributed by atoms with van der Waals surface area (Å²) in [6.07, 6.45) is 1.04. The van der Waals surface area contributed by atoms with E-state index in [9.17, 15) is 9.59 Å². The molecule has 0 atom stereocenters. The number of anilines is 2. The van der Waals surface area contributed by atoms with E-state index in [4.69, 9.17) is 10.5 Å². The van der Waals surface area contributed by atoms with Crippen LogP contribution in [0.3, 0.4) is 0 Å². The smallest absolute Gasteiger partial charge is 0.407 e. The number of nitrogens with one attached hydrogen (secondary N) is 2. The average Bonchev–Trinajstić information content (AvgIpc) is 2.88. The highest BCUT2D eigenvalue weighted by Gasteiger charge is 2.09. The Labute approximate surface area is 197 Å². The maximum absolute atomic E-state index is 12.4. The fourth-order valence-electron chi connectivity index (χ4n) is 3.29. The lowest BCUT2D eigenvalue weighted by Crippen LogP contribution is -2.23. The number of ether oxygens (including phenoxy) is 1. The van der Waals surface area contributed by atoms with E-state index in [1.165, 1.54) is 0 Å². The molecule has 3 aromatic carbocycles. The average molecular weight is 453 g/mol. The van der Waals surface area contributed by atoms with Crippen molar-refractivity contribution in [1.82, 2.24) is 10.3 Å². The molecule has 170 valence electrons. The van der Waals surface area contributed by atoms with Gasteiger partial charge in [0.2, 0.25) is 0 Å². The molecule has 0 unspecified atom stereocenters. The molecule has 0 bridgehead atoms. The first-order chi connectivity index (χ1) is 16.6. The summed E-state index contributed by atoms with van der Waals surface area (Å²) in [6, 6.07) is 28.2. The molecule has 1 aromatic heterocycles. The van der Waals surface area contributed by atoms with Crippen LogP contribution in [0.15, 0.2) is 97.2 Å². The van der Waals surface area contributed by atoms with Gasteiger partial charge in [-0.3, -0.25) is 4.79 Å². The van der Waals surface area contributed by atoms with Crippen molar-refractivity contribution in [2.45, 2.75) is 13.2 Å². The standard InChI is InChI=1S/C27H24N4O3/c28-25-24(7-4-16-29-25)31-26(32)23-14-8-19(9-15-23)17-30-27(33)34-18-20-10-12-22(13-11-20)21-5-2-1-3-6-21/h1-16H,17-18H2,(H2,28,29)(H,30,33)(H,31,32). The fourth-order valence-corrected chi connectivity index (χ4v) is 3.29. The van der Waals surface area contributed by atoms with Gasteiger partial charge in [-0.2, -0.15) is 0 Å². The highest BCUT2D eigenvalue weighted by molar-refractivity contribution is 6.05. The van der Waals surface area contributed by atoms with Gasteiger partial charge < -0.3 is 21.1 Å². The second-order valence-electron chi connectivity index (χ2n) is 7.58. The highest BCUT2D eigenvalue weighted by atomic mass is 16.5. The van der Waals surface area contributed by atoms with Crippen molar-refractivity contribution < 1.29 is 14.3 Å². The zero-order valence-electron chi connectivity index (χ0n) is 18.4. The van der Waals surface area contributed by atoms with Crippen molar-refractivity contribution in [3.8, 4) is 11.1 Å². The first-order valence-corrected chi connectivity index (χ1v) is 10.7. The SMILES string of the molecule is Nc1ncccc1NC(=O)c1ccc(CNC(=O)OCc2ccc(-c3ccccc3)cc2)cc1. The molecule has 7 nitrogen and oxygen atoms in total. The van der Waals surface area contributed by atoms with Crippen LogP contribution in [0, 0.1) is 0 Å². The minimum absolute atomic E-state index is 0.178. The largest absolute Gasteiger partial charge is 0.445 e. The lowest BCUT2D eigenvalue weighted by atomic mass is 10.0. The lowest BCUT2D eigenvalue weighted by Gasteiger charge is -2.09. The number of carbonyl (C=O) groups is 2. The van der Waals surface area contributed by atoms with Gasteiger partial charge in [0.1, 0.15) is 12.4 Å². The van der Waals surface area contributed by atoms with Gasteiger partial charge in [-0.05, 0) is 46.5 Å². The molecular formula is C27H24N4O3. The number of carbonyl (C=O) groups excluding carboxylic acids is 2. The molecule has 34 heavy (non-hydrogen) atoms. The summed E-state index contributed by atoms with van der Waals surface area (Å²) in [6.45, 7) is 0.459. The molecule has 4 N–H and O–H groups in total. The molecule has 0 aliphatic heterocycles. The number of nitrogen functional groups attached to an aromatic ring is 1. The van der Waals surface area contributed by atoms with Crippen LogP contribution in [0.4, 0.5) is 16.3 Å². The van der Waals surface area contributed by atoms with E-state index in [1.807, 2.05) is 42.5 Å². The van der Waals surface area contributed by atoms with Gasteiger partial charge in [0.25, 0.3) is 5.91 Å². The van der Waals surface area contributed by atoms with E-state index in [1.54, 1.807) is 42.6 Å². The van der Waals surface area contributed by atoms with Crippen LogP contribution < -0.4 is 16.4 Å². The van der Waals surface area contributed by atoms with Crippen LogP contribution in [0.2, 0.25) is 0 Å². The van der Waals surface area contributed by atoms with E-state index >= 15 is 0 Å². The van der Waals surface area contributed by atoms with Gasteiger partial charge in [0.15, 0.2) is 0 Å². The van der Waals surface area contributed by atoms with Crippen LogP contribution in [-0.2, 0) is 17.9 Å². The van der Waals surface area contributed by atoms with E-state index in [0.717, 1.165) is 22.3 Å². The Morgan fingerprint density at radius 2 is 1.47 bits per heavy atom. The van der Waals surface area contributed by atoms with Crippen LogP contribution in [-0.4, -0.2) is 17.0 Å². The number of benzene rings is 3. The Morgan fingerprint density at radius 1 is 0.794 bits per heavy atom. The zero-order chi connectivity index (χ0) is 23.8. The summed E-state index contributed by atoms with van der Waals surface area (Å²) in [7, 11) is 0. The summed E-state index contributed by atoms with van der Waals surface area (Å²) in [5.74, 6) is -0.0424. The monoisotopic (exact) mass is 452 g/mol. The second-order valence-corrected chi connectivity index (χ2v) is 7.58. The molecule has 0 aliphatic rings. The first-order valence-electron chi connectivity index (χ1n) is 10.7. The molecule has 4 aromatic rings. The second kappa shape index (κ2) is 10.8. The molecule has 4 rings (SSSR count). The van der Waals surface area contributed by atoms with Gasteiger partial charge >= 0.3 is 6.09 Å². The maximum Gasteiger partial charge on any atom is 0.407 e. The van der Waals surface area contributed by atoms with Gasteiger partial charge in [-0.15, -0.1) is 0 Å². The molecule has 0 aliphatic carbocycles. The number of hydrogen-bond donors (Lipinski definition) is 3. The van der Waals surface area contributed by atoms with Crippen molar-refractivity contribution >= 4 is 23.5 Å². The number of alkyl carbamates (subject to hydrolysis) is 1. The minimum Gasteiger partial charge on any atom is -0.445 e. The Bertz CT molecular complexity index is 1260. The quantitative estimate of drug-likeness (QED) is 0.365. The van der Waals surface area contributed by atoms with Crippen molar-refractivity contribution in [2.24, 2.45) is 0 Å². The number of nitrogens with zero attached hydrogens (tertiary/aromatic N) is 1. The summed E-state index contributed by atoms with van der Waals surface area (Å²) >= 11 is 0. The minimum atomic E-state index is -0.513. The molecule has 2 amide bonds. The Hall–Kier alpha value is -4.65. The third kappa shape index (κ3) is 5.98. The Morgan fingerprint density at radius 3 is 2.18 bits per heavy atom. The highest BCUT2D eigenvalue weighted by Crippen LogP contribution is 2.19. The number of pyridine rings is 1. The van der Waals surface area contributed by atoms with Crippen molar-refractivity contribution in [3.05, 3.63) is 114 Å². The molecule has 0 spiro atoms.